The maximum atomic E-state index is 8.84. The summed E-state index contributed by atoms with van der Waals surface area (Å²) in [5.41, 5.74) is 0.808. The van der Waals surface area contributed by atoms with Crippen LogP contribution in [0.3, 0.4) is 0 Å². The van der Waals surface area contributed by atoms with E-state index in [0.717, 1.165) is 5.69 Å². The molecule has 0 amide bonds. The Morgan fingerprint density at radius 1 is 1.50 bits per heavy atom. The lowest BCUT2D eigenvalue weighted by Gasteiger charge is -2.10. The van der Waals surface area contributed by atoms with Gasteiger partial charge in [0.15, 0.2) is 0 Å². The van der Waals surface area contributed by atoms with Crippen LogP contribution in [0.4, 0.5) is 0 Å². The van der Waals surface area contributed by atoms with E-state index in [4.69, 9.17) is 5.26 Å². The van der Waals surface area contributed by atoms with Crippen LogP contribution in [0.1, 0.15) is 25.5 Å². The van der Waals surface area contributed by atoms with Crippen LogP contribution in [0.5, 0.6) is 0 Å². The zero-order valence-electron chi connectivity index (χ0n) is 7.23. The molecule has 0 saturated heterocycles. The number of aromatic nitrogens is 2. The van der Waals surface area contributed by atoms with E-state index in [9.17, 15) is 0 Å². The van der Waals surface area contributed by atoms with Crippen LogP contribution in [0, 0.1) is 17.2 Å². The maximum absolute atomic E-state index is 8.84. The SMILES string of the molecule is CC(C)C(C#N)c1ccncn1. The molecule has 3 heteroatoms. The van der Waals surface area contributed by atoms with Crippen LogP contribution < -0.4 is 0 Å². The second-order valence-corrected chi connectivity index (χ2v) is 2.99. The van der Waals surface area contributed by atoms with E-state index in [1.807, 2.05) is 13.8 Å². The van der Waals surface area contributed by atoms with Gasteiger partial charge < -0.3 is 0 Å². The van der Waals surface area contributed by atoms with Gasteiger partial charge in [-0.15, -0.1) is 0 Å². The summed E-state index contributed by atoms with van der Waals surface area (Å²) in [5.74, 6) is 0.179. The summed E-state index contributed by atoms with van der Waals surface area (Å²) in [6, 6.07) is 4.01. The minimum Gasteiger partial charge on any atom is -0.245 e. The molecule has 1 atom stereocenters. The highest BCUT2D eigenvalue weighted by atomic mass is 14.8. The van der Waals surface area contributed by atoms with Crippen LogP contribution in [0.15, 0.2) is 18.6 Å². The van der Waals surface area contributed by atoms with Gasteiger partial charge in [0.1, 0.15) is 6.33 Å². The van der Waals surface area contributed by atoms with Gasteiger partial charge in [-0.1, -0.05) is 13.8 Å². The minimum absolute atomic E-state index is 0.118. The van der Waals surface area contributed by atoms with E-state index in [0.29, 0.717) is 5.92 Å². The van der Waals surface area contributed by atoms with Crippen molar-refractivity contribution < 1.29 is 0 Å². The van der Waals surface area contributed by atoms with E-state index < -0.39 is 0 Å². The number of hydrogen-bond acceptors (Lipinski definition) is 3. The summed E-state index contributed by atoms with van der Waals surface area (Å²) in [4.78, 5) is 7.84. The number of rotatable bonds is 2. The minimum atomic E-state index is -0.118. The summed E-state index contributed by atoms with van der Waals surface area (Å²) < 4.78 is 0. The molecule has 3 nitrogen and oxygen atoms in total. The Balaban J connectivity index is 2.90. The molecule has 0 aliphatic heterocycles. The van der Waals surface area contributed by atoms with Crippen molar-refractivity contribution in [2.24, 2.45) is 5.92 Å². The fourth-order valence-corrected chi connectivity index (χ4v) is 1.04. The monoisotopic (exact) mass is 161 g/mol. The van der Waals surface area contributed by atoms with E-state index in [1.165, 1.54) is 6.33 Å². The molecule has 0 saturated carbocycles. The van der Waals surface area contributed by atoms with Crippen molar-refractivity contribution in [2.45, 2.75) is 19.8 Å². The van der Waals surface area contributed by atoms with Crippen molar-refractivity contribution in [1.82, 2.24) is 9.97 Å². The standard InChI is InChI=1S/C9H11N3/c1-7(2)8(5-10)9-3-4-11-6-12-9/h3-4,6-8H,1-2H3. The second-order valence-electron chi connectivity index (χ2n) is 2.99. The summed E-state index contributed by atoms with van der Waals surface area (Å²) in [7, 11) is 0. The lowest BCUT2D eigenvalue weighted by Crippen LogP contribution is -2.05. The summed E-state index contributed by atoms with van der Waals surface area (Å²) in [5, 5.41) is 8.84. The Labute approximate surface area is 72.1 Å². The van der Waals surface area contributed by atoms with Gasteiger partial charge in [0.25, 0.3) is 0 Å². The van der Waals surface area contributed by atoms with Gasteiger partial charge >= 0.3 is 0 Å². The largest absolute Gasteiger partial charge is 0.245 e. The van der Waals surface area contributed by atoms with Crippen molar-refractivity contribution in [3.05, 3.63) is 24.3 Å². The molecule has 62 valence electrons. The first-order chi connectivity index (χ1) is 5.75. The molecule has 0 radical (unpaired) electrons. The molecule has 0 N–H and O–H groups in total. The normalized spacial score (nSPS) is 12.5. The van der Waals surface area contributed by atoms with Crippen molar-refractivity contribution >= 4 is 0 Å². The second kappa shape index (κ2) is 3.82. The fraction of sp³-hybridized carbons (Fsp3) is 0.444. The van der Waals surface area contributed by atoms with E-state index in [2.05, 4.69) is 16.0 Å². The fourth-order valence-electron chi connectivity index (χ4n) is 1.04. The van der Waals surface area contributed by atoms with Gasteiger partial charge in [-0.3, -0.25) is 0 Å². The van der Waals surface area contributed by atoms with Crippen molar-refractivity contribution in [3.63, 3.8) is 0 Å². The molecule has 1 rings (SSSR count). The topological polar surface area (TPSA) is 49.6 Å². The Kier molecular flexibility index (Phi) is 2.76. The van der Waals surface area contributed by atoms with Crippen molar-refractivity contribution in [3.8, 4) is 6.07 Å². The van der Waals surface area contributed by atoms with Crippen molar-refractivity contribution in [1.29, 1.82) is 5.26 Å². The first kappa shape index (κ1) is 8.66. The van der Waals surface area contributed by atoms with Crippen LogP contribution in [-0.4, -0.2) is 9.97 Å². The number of nitriles is 1. The molecular weight excluding hydrogens is 150 g/mol. The molecule has 1 aromatic heterocycles. The average Bonchev–Trinajstić information content (AvgIpc) is 2.07. The lowest BCUT2D eigenvalue weighted by molar-refractivity contribution is 0.574. The Morgan fingerprint density at radius 2 is 2.25 bits per heavy atom. The Hall–Kier alpha value is -1.43. The predicted octanol–water partition coefficient (Wildman–Crippen LogP) is 1.74. The lowest BCUT2D eigenvalue weighted by atomic mass is 9.94. The molecule has 0 aromatic carbocycles. The Bertz CT molecular complexity index is 274. The molecule has 12 heavy (non-hydrogen) atoms. The van der Waals surface area contributed by atoms with Crippen molar-refractivity contribution in [2.75, 3.05) is 0 Å². The van der Waals surface area contributed by atoms with Crippen LogP contribution in [0.25, 0.3) is 0 Å². The molecule has 0 bridgehead atoms. The van der Waals surface area contributed by atoms with Gasteiger partial charge in [-0.2, -0.15) is 5.26 Å². The van der Waals surface area contributed by atoms with Gasteiger partial charge in [0.2, 0.25) is 0 Å². The van der Waals surface area contributed by atoms with Crippen LogP contribution in [-0.2, 0) is 0 Å². The number of hydrogen-bond donors (Lipinski definition) is 0. The molecular formula is C9H11N3. The van der Waals surface area contributed by atoms with Gasteiger partial charge in [-0.05, 0) is 12.0 Å². The third kappa shape index (κ3) is 1.79. The third-order valence-corrected chi connectivity index (χ3v) is 1.73. The molecule has 0 spiro atoms. The molecule has 1 unspecified atom stereocenters. The first-order valence-corrected chi connectivity index (χ1v) is 3.91. The highest BCUT2D eigenvalue weighted by Crippen LogP contribution is 2.20. The molecule has 1 aromatic rings. The highest BCUT2D eigenvalue weighted by Gasteiger charge is 2.15. The first-order valence-electron chi connectivity index (χ1n) is 3.91. The van der Waals surface area contributed by atoms with Gasteiger partial charge in [-0.25, -0.2) is 9.97 Å². The Morgan fingerprint density at radius 3 is 2.67 bits per heavy atom. The predicted molar refractivity (Wildman–Crippen MR) is 45.2 cm³/mol. The van der Waals surface area contributed by atoms with Crippen LogP contribution in [0.2, 0.25) is 0 Å². The summed E-state index contributed by atoms with van der Waals surface area (Å²) >= 11 is 0. The average molecular weight is 161 g/mol. The highest BCUT2D eigenvalue weighted by molar-refractivity contribution is 5.15. The smallest absolute Gasteiger partial charge is 0.115 e. The van der Waals surface area contributed by atoms with Crippen LogP contribution >= 0.6 is 0 Å². The quantitative estimate of drug-likeness (QED) is 0.663. The van der Waals surface area contributed by atoms with E-state index in [1.54, 1.807) is 12.3 Å². The maximum Gasteiger partial charge on any atom is 0.115 e. The molecule has 0 aliphatic rings. The molecule has 0 fully saturated rings. The zero-order valence-corrected chi connectivity index (χ0v) is 7.23. The summed E-state index contributed by atoms with van der Waals surface area (Å²) in [6.45, 7) is 4.02. The molecule has 1 heterocycles. The summed E-state index contributed by atoms with van der Waals surface area (Å²) in [6.07, 6.45) is 3.14. The molecule has 0 aliphatic carbocycles. The number of nitrogens with zero attached hydrogens (tertiary/aromatic N) is 3. The van der Waals surface area contributed by atoms with Gasteiger partial charge in [0, 0.05) is 6.20 Å². The third-order valence-electron chi connectivity index (χ3n) is 1.73. The zero-order chi connectivity index (χ0) is 8.97. The van der Waals surface area contributed by atoms with E-state index in [-0.39, 0.29) is 5.92 Å². The van der Waals surface area contributed by atoms with Gasteiger partial charge in [0.05, 0.1) is 17.7 Å². The van der Waals surface area contributed by atoms with E-state index >= 15 is 0 Å².